The number of nitrogens with zero attached hydrogens (tertiary/aromatic N) is 1. The molecule has 0 saturated carbocycles. The zero-order chi connectivity index (χ0) is 12.1. The summed E-state index contributed by atoms with van der Waals surface area (Å²) in [5.41, 5.74) is 7.31. The Bertz CT molecular complexity index is 323. The third kappa shape index (κ3) is 3.30. The van der Waals surface area contributed by atoms with Gasteiger partial charge in [0.2, 0.25) is 0 Å². The van der Waals surface area contributed by atoms with Crippen LogP contribution >= 0.6 is 0 Å². The quantitative estimate of drug-likeness (QED) is 0.864. The summed E-state index contributed by atoms with van der Waals surface area (Å²) < 4.78 is 0. The average Bonchev–Trinajstić information content (AvgIpc) is 2.38. The van der Waals surface area contributed by atoms with Gasteiger partial charge in [0.15, 0.2) is 0 Å². The summed E-state index contributed by atoms with van der Waals surface area (Å²) in [6.45, 7) is 4.29. The number of likely N-dealkylation sites (tertiary alicyclic amines) is 1. The first-order chi connectivity index (χ1) is 8.31. The smallest absolute Gasteiger partial charge is 0.0221 e. The Kier molecular flexibility index (Phi) is 4.57. The fourth-order valence-corrected chi connectivity index (χ4v) is 2.90. The number of piperidine rings is 1. The van der Waals surface area contributed by atoms with Crippen molar-refractivity contribution in [2.24, 2.45) is 5.73 Å². The third-order valence-corrected chi connectivity index (χ3v) is 3.97. The standard InChI is InChI=1S/C15H24N2/c1-13-6-5-9-15(12-16)17(13)11-10-14-7-3-2-4-8-14/h2-4,7-8,13,15H,5-6,9-12,16H2,1H3. The van der Waals surface area contributed by atoms with Crippen molar-refractivity contribution in [1.29, 1.82) is 0 Å². The lowest BCUT2D eigenvalue weighted by Gasteiger charge is -2.40. The molecule has 2 nitrogen and oxygen atoms in total. The van der Waals surface area contributed by atoms with Crippen LogP contribution in [0.5, 0.6) is 0 Å². The monoisotopic (exact) mass is 232 g/mol. The predicted octanol–water partition coefficient (Wildman–Crippen LogP) is 2.43. The van der Waals surface area contributed by atoms with Crippen LogP contribution in [0.4, 0.5) is 0 Å². The van der Waals surface area contributed by atoms with E-state index in [1.807, 2.05) is 0 Å². The molecule has 1 fully saturated rings. The first-order valence-corrected chi connectivity index (χ1v) is 6.81. The van der Waals surface area contributed by atoms with E-state index >= 15 is 0 Å². The highest BCUT2D eigenvalue weighted by Gasteiger charge is 2.26. The third-order valence-electron chi connectivity index (χ3n) is 3.97. The molecule has 1 heterocycles. The molecule has 1 aromatic rings. The highest BCUT2D eigenvalue weighted by Crippen LogP contribution is 2.22. The van der Waals surface area contributed by atoms with Crippen molar-refractivity contribution in [2.45, 2.75) is 44.7 Å². The SMILES string of the molecule is CC1CCCC(CN)N1CCc1ccccc1. The van der Waals surface area contributed by atoms with Crippen molar-refractivity contribution >= 4 is 0 Å². The van der Waals surface area contributed by atoms with Crippen LogP contribution in [0.3, 0.4) is 0 Å². The van der Waals surface area contributed by atoms with E-state index in [4.69, 9.17) is 5.73 Å². The Morgan fingerprint density at radius 1 is 1.24 bits per heavy atom. The Hall–Kier alpha value is -0.860. The molecule has 94 valence electrons. The zero-order valence-electron chi connectivity index (χ0n) is 10.8. The predicted molar refractivity (Wildman–Crippen MR) is 73.0 cm³/mol. The van der Waals surface area contributed by atoms with Gasteiger partial charge in [0.25, 0.3) is 0 Å². The van der Waals surface area contributed by atoms with Gasteiger partial charge in [-0.2, -0.15) is 0 Å². The molecule has 2 N–H and O–H groups in total. The van der Waals surface area contributed by atoms with E-state index in [-0.39, 0.29) is 0 Å². The number of nitrogens with two attached hydrogens (primary N) is 1. The van der Waals surface area contributed by atoms with Gasteiger partial charge in [-0.15, -0.1) is 0 Å². The van der Waals surface area contributed by atoms with Gasteiger partial charge in [-0.1, -0.05) is 36.8 Å². The molecule has 2 rings (SSSR count). The van der Waals surface area contributed by atoms with Crippen LogP contribution in [0.2, 0.25) is 0 Å². The summed E-state index contributed by atoms with van der Waals surface area (Å²) in [5, 5.41) is 0. The molecule has 0 spiro atoms. The van der Waals surface area contributed by atoms with Gasteiger partial charge in [0.05, 0.1) is 0 Å². The molecule has 0 amide bonds. The minimum absolute atomic E-state index is 0.600. The van der Waals surface area contributed by atoms with E-state index < -0.39 is 0 Å². The molecule has 1 aliphatic heterocycles. The lowest BCUT2D eigenvalue weighted by Crippen LogP contribution is -2.49. The van der Waals surface area contributed by atoms with E-state index in [0.717, 1.165) is 19.5 Å². The summed E-state index contributed by atoms with van der Waals surface area (Å²) in [7, 11) is 0. The second kappa shape index (κ2) is 6.18. The van der Waals surface area contributed by atoms with Crippen molar-refractivity contribution in [3.63, 3.8) is 0 Å². The van der Waals surface area contributed by atoms with E-state index in [9.17, 15) is 0 Å². The summed E-state index contributed by atoms with van der Waals surface area (Å²) in [6.07, 6.45) is 5.08. The van der Waals surface area contributed by atoms with Crippen molar-refractivity contribution in [1.82, 2.24) is 4.90 Å². The van der Waals surface area contributed by atoms with Gasteiger partial charge in [0, 0.05) is 25.2 Å². The number of rotatable bonds is 4. The molecule has 1 aliphatic rings. The van der Waals surface area contributed by atoms with Gasteiger partial charge in [0.1, 0.15) is 0 Å². The summed E-state index contributed by atoms with van der Waals surface area (Å²) in [5.74, 6) is 0. The van der Waals surface area contributed by atoms with Crippen LogP contribution in [-0.4, -0.2) is 30.1 Å². The van der Waals surface area contributed by atoms with Gasteiger partial charge in [-0.25, -0.2) is 0 Å². The fourth-order valence-electron chi connectivity index (χ4n) is 2.90. The maximum absolute atomic E-state index is 5.88. The molecule has 1 saturated heterocycles. The Morgan fingerprint density at radius 2 is 2.00 bits per heavy atom. The maximum atomic E-state index is 5.88. The maximum Gasteiger partial charge on any atom is 0.0221 e. The zero-order valence-corrected chi connectivity index (χ0v) is 10.8. The fraction of sp³-hybridized carbons (Fsp3) is 0.600. The van der Waals surface area contributed by atoms with Crippen LogP contribution in [-0.2, 0) is 6.42 Å². The Morgan fingerprint density at radius 3 is 2.71 bits per heavy atom. The van der Waals surface area contributed by atoms with E-state index in [2.05, 4.69) is 42.2 Å². The van der Waals surface area contributed by atoms with Crippen LogP contribution in [0.25, 0.3) is 0 Å². The van der Waals surface area contributed by atoms with E-state index in [0.29, 0.717) is 12.1 Å². The number of hydrogen-bond acceptors (Lipinski definition) is 2. The van der Waals surface area contributed by atoms with Crippen molar-refractivity contribution in [2.75, 3.05) is 13.1 Å². The topological polar surface area (TPSA) is 29.3 Å². The van der Waals surface area contributed by atoms with Gasteiger partial charge in [-0.05, 0) is 31.7 Å². The van der Waals surface area contributed by atoms with E-state index in [1.165, 1.54) is 24.8 Å². The van der Waals surface area contributed by atoms with Crippen molar-refractivity contribution in [3.05, 3.63) is 35.9 Å². The van der Waals surface area contributed by atoms with Crippen LogP contribution in [0.15, 0.2) is 30.3 Å². The number of benzene rings is 1. The average molecular weight is 232 g/mol. The van der Waals surface area contributed by atoms with E-state index in [1.54, 1.807) is 0 Å². The lowest BCUT2D eigenvalue weighted by atomic mass is 9.96. The molecule has 17 heavy (non-hydrogen) atoms. The molecule has 1 aromatic carbocycles. The molecular weight excluding hydrogens is 208 g/mol. The van der Waals surface area contributed by atoms with Crippen LogP contribution in [0, 0.1) is 0 Å². The normalized spacial score (nSPS) is 26.0. The molecule has 2 atom stereocenters. The summed E-state index contributed by atoms with van der Waals surface area (Å²) in [6, 6.07) is 12.0. The molecule has 0 aromatic heterocycles. The minimum atomic E-state index is 0.600. The largest absolute Gasteiger partial charge is 0.329 e. The first-order valence-electron chi connectivity index (χ1n) is 6.81. The highest BCUT2D eigenvalue weighted by atomic mass is 15.2. The Balaban J connectivity index is 1.92. The number of hydrogen-bond donors (Lipinski definition) is 1. The van der Waals surface area contributed by atoms with Gasteiger partial charge >= 0.3 is 0 Å². The minimum Gasteiger partial charge on any atom is -0.329 e. The molecule has 0 radical (unpaired) electrons. The molecule has 2 unspecified atom stereocenters. The molecular formula is C15H24N2. The van der Waals surface area contributed by atoms with Gasteiger partial charge < -0.3 is 5.73 Å². The van der Waals surface area contributed by atoms with Crippen molar-refractivity contribution < 1.29 is 0 Å². The molecule has 0 aliphatic carbocycles. The molecule has 2 heteroatoms. The summed E-state index contributed by atoms with van der Waals surface area (Å²) >= 11 is 0. The molecule has 0 bridgehead atoms. The second-order valence-electron chi connectivity index (χ2n) is 5.14. The van der Waals surface area contributed by atoms with Crippen LogP contribution < -0.4 is 5.73 Å². The lowest BCUT2D eigenvalue weighted by molar-refractivity contribution is 0.0988. The summed E-state index contributed by atoms with van der Waals surface area (Å²) in [4.78, 5) is 2.61. The second-order valence-corrected chi connectivity index (χ2v) is 5.14. The van der Waals surface area contributed by atoms with Crippen LogP contribution in [0.1, 0.15) is 31.7 Å². The highest BCUT2D eigenvalue weighted by molar-refractivity contribution is 5.15. The Labute approximate surface area is 105 Å². The van der Waals surface area contributed by atoms with Crippen molar-refractivity contribution in [3.8, 4) is 0 Å². The first kappa shape index (κ1) is 12.6. The van der Waals surface area contributed by atoms with Gasteiger partial charge in [-0.3, -0.25) is 4.90 Å².